The Kier molecular flexibility index (Phi) is 8.57. The number of aromatic nitrogens is 3. The van der Waals surface area contributed by atoms with Crippen molar-refractivity contribution >= 4 is 27.7 Å². The van der Waals surface area contributed by atoms with Crippen LogP contribution in [0.5, 0.6) is 11.5 Å². The predicted octanol–water partition coefficient (Wildman–Crippen LogP) is 10.3. The van der Waals surface area contributed by atoms with Crippen LogP contribution in [0.4, 0.5) is 0 Å². The Morgan fingerprint density at radius 3 is 2.20 bits per heavy atom. The van der Waals surface area contributed by atoms with Crippen molar-refractivity contribution in [3.8, 4) is 17.3 Å². The van der Waals surface area contributed by atoms with E-state index >= 15 is 0 Å². The van der Waals surface area contributed by atoms with Crippen LogP contribution in [-0.4, -0.2) is 26.5 Å². The van der Waals surface area contributed by atoms with Crippen LogP contribution in [0.3, 0.4) is 0 Å². The minimum absolute atomic E-state index is 0. The number of benzene rings is 3. The second-order valence-electron chi connectivity index (χ2n) is 16.9. The summed E-state index contributed by atoms with van der Waals surface area (Å²) in [6, 6.07) is 28.8. The van der Waals surface area contributed by atoms with Gasteiger partial charge in [-0.25, -0.2) is 4.98 Å². The standard InChI is InChI=1S/C44H44N4O2.Pt/c1-42(2,3)28-10-13-33-26(18-28)20-38-40(33)47-41(50-38)27-19-32(25-45-24-27)49-31-12-14-34-35-21-29(43(4,5)6)11-15-36(35)48(37(34)23-31)39-22-30(16-17-46-39)44(7,8)9;/h10-18,21-22,24-25,38,40H,20H2,1-9H3;/q-2;+2/t38-,40+;/m0./s1. The Hall–Kier alpha value is -4.28. The Bertz CT molecular complexity index is 2330. The maximum Gasteiger partial charge on any atom is 2.00 e. The molecule has 3 aromatic carbocycles. The van der Waals surface area contributed by atoms with E-state index in [0.717, 1.165) is 34.0 Å². The van der Waals surface area contributed by atoms with Crippen molar-refractivity contribution in [2.24, 2.45) is 4.99 Å². The molecule has 2 aliphatic rings. The van der Waals surface area contributed by atoms with Crippen molar-refractivity contribution in [3.63, 3.8) is 0 Å². The van der Waals surface area contributed by atoms with Gasteiger partial charge in [0.05, 0.1) is 5.75 Å². The molecule has 0 spiro atoms. The first-order valence-electron chi connectivity index (χ1n) is 17.5. The number of aliphatic imine (C=N–C) groups is 1. The first-order valence-corrected chi connectivity index (χ1v) is 17.5. The second-order valence-corrected chi connectivity index (χ2v) is 16.9. The van der Waals surface area contributed by atoms with Crippen LogP contribution in [-0.2, 0) is 48.5 Å². The molecule has 1 aliphatic heterocycles. The minimum atomic E-state index is -0.0210. The molecule has 1 aliphatic carbocycles. The molecule has 0 saturated heterocycles. The molecular formula is C44H44N4O2Pt. The van der Waals surface area contributed by atoms with Gasteiger partial charge in [-0.15, -0.1) is 17.5 Å². The van der Waals surface area contributed by atoms with Crippen LogP contribution < -0.4 is 4.74 Å². The van der Waals surface area contributed by atoms with Gasteiger partial charge in [-0.3, -0.25) is 4.99 Å². The molecule has 51 heavy (non-hydrogen) atoms. The summed E-state index contributed by atoms with van der Waals surface area (Å²) in [5.74, 6) is 2.45. The number of pyridine rings is 2. The number of hydrogen-bond acceptors (Lipinski definition) is 5. The van der Waals surface area contributed by atoms with Crippen molar-refractivity contribution in [3.05, 3.63) is 125 Å². The predicted molar refractivity (Wildman–Crippen MR) is 201 cm³/mol. The first kappa shape index (κ1) is 35.1. The summed E-state index contributed by atoms with van der Waals surface area (Å²) in [6.07, 6.45) is 6.12. The Labute approximate surface area is 315 Å². The summed E-state index contributed by atoms with van der Waals surface area (Å²) in [7, 11) is 0. The molecule has 0 saturated carbocycles. The van der Waals surface area contributed by atoms with Crippen LogP contribution in [0.15, 0.2) is 84.2 Å². The number of nitrogens with zero attached hydrogens (tertiary/aromatic N) is 4. The van der Waals surface area contributed by atoms with E-state index in [1.165, 1.54) is 27.8 Å². The van der Waals surface area contributed by atoms with Crippen LogP contribution >= 0.6 is 0 Å². The first-order chi connectivity index (χ1) is 23.6. The molecule has 262 valence electrons. The van der Waals surface area contributed by atoms with Gasteiger partial charge >= 0.3 is 21.1 Å². The zero-order valence-electron chi connectivity index (χ0n) is 30.8. The maximum atomic E-state index is 6.41. The quantitative estimate of drug-likeness (QED) is 0.166. The van der Waals surface area contributed by atoms with E-state index in [-0.39, 0.29) is 49.5 Å². The van der Waals surface area contributed by atoms with E-state index in [0.29, 0.717) is 23.0 Å². The molecule has 0 N–H and O–H groups in total. The van der Waals surface area contributed by atoms with Gasteiger partial charge in [0.1, 0.15) is 23.9 Å². The third kappa shape index (κ3) is 6.41. The largest absolute Gasteiger partial charge is 2.00 e. The molecule has 0 amide bonds. The fourth-order valence-electron chi connectivity index (χ4n) is 7.11. The molecule has 4 heterocycles. The number of rotatable bonds is 4. The average molecular weight is 856 g/mol. The van der Waals surface area contributed by atoms with Crippen molar-refractivity contribution < 1.29 is 30.5 Å². The van der Waals surface area contributed by atoms with E-state index in [1.807, 2.05) is 12.3 Å². The van der Waals surface area contributed by atoms with Gasteiger partial charge in [0.15, 0.2) is 0 Å². The van der Waals surface area contributed by atoms with Gasteiger partial charge in [-0.05, 0) is 73.8 Å². The smallest absolute Gasteiger partial charge is 0.514 e. The summed E-state index contributed by atoms with van der Waals surface area (Å²) in [6.45, 7) is 20.1. The zero-order chi connectivity index (χ0) is 35.2. The minimum Gasteiger partial charge on any atom is -0.514 e. The molecule has 6 aromatic rings. The van der Waals surface area contributed by atoms with Gasteiger partial charge in [-0.1, -0.05) is 116 Å². The van der Waals surface area contributed by atoms with Crippen LogP contribution in [0, 0.1) is 12.1 Å². The molecule has 0 fully saturated rings. The monoisotopic (exact) mass is 855 g/mol. The third-order valence-corrected chi connectivity index (χ3v) is 10.1. The van der Waals surface area contributed by atoms with Crippen LogP contribution in [0.1, 0.15) is 102 Å². The Morgan fingerprint density at radius 1 is 0.745 bits per heavy atom. The number of hydrogen-bond donors (Lipinski definition) is 0. The zero-order valence-corrected chi connectivity index (χ0v) is 33.1. The van der Waals surface area contributed by atoms with Crippen LogP contribution in [0.2, 0.25) is 0 Å². The van der Waals surface area contributed by atoms with Crippen LogP contribution in [0.25, 0.3) is 27.6 Å². The summed E-state index contributed by atoms with van der Waals surface area (Å²) in [5, 5.41) is 2.25. The fraction of sp³-hybridized carbons (Fsp3) is 0.341. The van der Waals surface area contributed by atoms with Crippen molar-refractivity contribution in [2.45, 2.75) is 97.1 Å². The van der Waals surface area contributed by atoms with Gasteiger partial charge < -0.3 is 19.0 Å². The molecule has 0 bridgehead atoms. The summed E-state index contributed by atoms with van der Waals surface area (Å²) >= 11 is 0. The van der Waals surface area contributed by atoms with Crippen molar-refractivity contribution in [1.29, 1.82) is 0 Å². The molecular weight excluding hydrogens is 812 g/mol. The molecule has 7 heteroatoms. The third-order valence-electron chi connectivity index (χ3n) is 10.1. The van der Waals surface area contributed by atoms with E-state index in [9.17, 15) is 0 Å². The summed E-state index contributed by atoms with van der Waals surface area (Å²) in [5.41, 5.74) is 9.15. The second kappa shape index (κ2) is 12.4. The fourth-order valence-corrected chi connectivity index (χ4v) is 7.11. The van der Waals surface area contributed by atoms with Crippen molar-refractivity contribution in [2.75, 3.05) is 0 Å². The van der Waals surface area contributed by atoms with E-state index in [1.54, 1.807) is 12.4 Å². The molecule has 6 nitrogen and oxygen atoms in total. The molecule has 2 atom stereocenters. The normalized spacial score (nSPS) is 17.2. The number of fused-ring (bicyclic) bond motifs is 6. The van der Waals surface area contributed by atoms with Gasteiger partial charge in [0, 0.05) is 23.9 Å². The topological polar surface area (TPSA) is 61.5 Å². The van der Waals surface area contributed by atoms with Crippen molar-refractivity contribution in [1.82, 2.24) is 14.5 Å². The van der Waals surface area contributed by atoms with Gasteiger partial charge in [0.2, 0.25) is 0 Å². The van der Waals surface area contributed by atoms with Gasteiger partial charge in [0.25, 0.3) is 0 Å². The SMILES string of the molecule is CC(C)(C)c1ccnc(-n2c3[c-]c(Oc4[c-]c(C5=N[C@@H]6c7ccc(C(C)(C)C)cc7C[C@@H]6O5)cnc4)ccc3c3cc(C(C)(C)C)ccc32)c1.[Pt+2]. The van der Waals surface area contributed by atoms with E-state index in [2.05, 4.69) is 139 Å². The van der Waals surface area contributed by atoms with Gasteiger partial charge in [-0.2, -0.15) is 6.07 Å². The van der Waals surface area contributed by atoms with E-state index < -0.39 is 0 Å². The van der Waals surface area contributed by atoms with E-state index in [4.69, 9.17) is 19.5 Å². The summed E-state index contributed by atoms with van der Waals surface area (Å²) < 4.78 is 15.0. The number of ether oxygens (including phenoxy) is 2. The molecule has 0 unspecified atom stereocenters. The molecule has 3 aromatic heterocycles. The molecule has 8 rings (SSSR count). The Balaban J connectivity index is 0.00000406. The summed E-state index contributed by atoms with van der Waals surface area (Å²) in [4.78, 5) is 14.3. The molecule has 0 radical (unpaired) electrons. The maximum absolute atomic E-state index is 6.41. The Morgan fingerprint density at radius 2 is 1.45 bits per heavy atom. The average Bonchev–Trinajstić information content (AvgIpc) is 3.72.